The Bertz CT molecular complexity index is 795. The van der Waals surface area contributed by atoms with Gasteiger partial charge < -0.3 is 14.8 Å². The summed E-state index contributed by atoms with van der Waals surface area (Å²) in [7, 11) is 1.53. The third-order valence-electron chi connectivity index (χ3n) is 3.39. The lowest BCUT2D eigenvalue weighted by Crippen LogP contribution is -2.23. The van der Waals surface area contributed by atoms with Crippen molar-refractivity contribution in [1.29, 1.82) is 0 Å². The summed E-state index contributed by atoms with van der Waals surface area (Å²) >= 11 is 5.96. The SMILES string of the molecule is CCOc1ccc(CNC(=O)c2cc([N+](=O)[O-])ccc2Cl)cc1OC. The highest BCUT2D eigenvalue weighted by Crippen LogP contribution is 2.28. The molecular formula is C17H17ClN2O5. The predicted molar refractivity (Wildman–Crippen MR) is 93.4 cm³/mol. The van der Waals surface area contributed by atoms with Crippen LogP contribution in [0.5, 0.6) is 11.5 Å². The normalized spacial score (nSPS) is 10.2. The maximum Gasteiger partial charge on any atom is 0.270 e. The van der Waals surface area contributed by atoms with Crippen molar-refractivity contribution in [3.05, 3.63) is 62.7 Å². The summed E-state index contributed by atoms with van der Waals surface area (Å²) in [5.74, 6) is 0.672. The van der Waals surface area contributed by atoms with Gasteiger partial charge in [-0.2, -0.15) is 0 Å². The van der Waals surface area contributed by atoms with Gasteiger partial charge in [0.1, 0.15) is 0 Å². The van der Waals surface area contributed by atoms with Crippen molar-refractivity contribution in [3.8, 4) is 11.5 Å². The molecule has 0 aromatic heterocycles. The smallest absolute Gasteiger partial charge is 0.270 e. The molecule has 0 saturated heterocycles. The molecule has 7 nitrogen and oxygen atoms in total. The van der Waals surface area contributed by atoms with Crippen LogP contribution in [0.2, 0.25) is 5.02 Å². The van der Waals surface area contributed by atoms with E-state index in [1.165, 1.54) is 19.2 Å². The molecule has 1 amide bonds. The Morgan fingerprint density at radius 3 is 2.64 bits per heavy atom. The number of nitrogens with one attached hydrogen (secondary N) is 1. The van der Waals surface area contributed by atoms with Crippen LogP contribution in [0.1, 0.15) is 22.8 Å². The maximum atomic E-state index is 12.3. The van der Waals surface area contributed by atoms with E-state index in [0.717, 1.165) is 11.6 Å². The van der Waals surface area contributed by atoms with Gasteiger partial charge in [0.25, 0.3) is 11.6 Å². The van der Waals surface area contributed by atoms with Crippen molar-refractivity contribution in [2.24, 2.45) is 0 Å². The van der Waals surface area contributed by atoms with E-state index in [1.54, 1.807) is 18.2 Å². The van der Waals surface area contributed by atoms with E-state index in [2.05, 4.69) is 5.32 Å². The summed E-state index contributed by atoms with van der Waals surface area (Å²) in [6, 6.07) is 9.02. The Morgan fingerprint density at radius 2 is 2.00 bits per heavy atom. The summed E-state index contributed by atoms with van der Waals surface area (Å²) in [4.78, 5) is 22.5. The van der Waals surface area contributed by atoms with Crippen LogP contribution in [0.25, 0.3) is 0 Å². The molecule has 25 heavy (non-hydrogen) atoms. The van der Waals surface area contributed by atoms with Gasteiger partial charge in [0.2, 0.25) is 0 Å². The first-order valence-corrected chi connectivity index (χ1v) is 7.86. The predicted octanol–water partition coefficient (Wildman–Crippen LogP) is 3.59. The average molecular weight is 365 g/mol. The number of methoxy groups -OCH3 is 1. The first kappa shape index (κ1) is 18.5. The van der Waals surface area contributed by atoms with Gasteiger partial charge in [-0.15, -0.1) is 0 Å². The molecule has 2 aromatic carbocycles. The lowest BCUT2D eigenvalue weighted by molar-refractivity contribution is -0.384. The van der Waals surface area contributed by atoms with Crippen molar-refractivity contribution in [1.82, 2.24) is 5.32 Å². The van der Waals surface area contributed by atoms with Crippen molar-refractivity contribution >= 4 is 23.2 Å². The largest absolute Gasteiger partial charge is 0.493 e. The highest BCUT2D eigenvalue weighted by atomic mass is 35.5. The van der Waals surface area contributed by atoms with Crippen molar-refractivity contribution in [2.75, 3.05) is 13.7 Å². The molecular weight excluding hydrogens is 348 g/mol. The van der Waals surface area contributed by atoms with Gasteiger partial charge in [-0.25, -0.2) is 0 Å². The number of carbonyl (C=O) groups excluding carboxylic acids is 1. The van der Waals surface area contributed by atoms with Crippen LogP contribution in [-0.2, 0) is 6.54 Å². The van der Waals surface area contributed by atoms with E-state index >= 15 is 0 Å². The Balaban J connectivity index is 2.12. The average Bonchev–Trinajstić information content (AvgIpc) is 2.60. The monoisotopic (exact) mass is 364 g/mol. The summed E-state index contributed by atoms with van der Waals surface area (Å²) in [5.41, 5.74) is 0.640. The van der Waals surface area contributed by atoms with Gasteiger partial charge in [0.15, 0.2) is 11.5 Å². The van der Waals surface area contributed by atoms with Gasteiger partial charge in [0, 0.05) is 18.7 Å². The number of carbonyl (C=O) groups is 1. The second-order valence-electron chi connectivity index (χ2n) is 5.02. The Morgan fingerprint density at radius 1 is 1.24 bits per heavy atom. The number of benzene rings is 2. The zero-order valence-electron chi connectivity index (χ0n) is 13.7. The van der Waals surface area contributed by atoms with Crippen LogP contribution >= 0.6 is 11.6 Å². The van der Waals surface area contributed by atoms with Crippen LogP contribution in [0, 0.1) is 10.1 Å². The molecule has 0 bridgehead atoms. The van der Waals surface area contributed by atoms with Crippen LogP contribution in [-0.4, -0.2) is 24.5 Å². The van der Waals surface area contributed by atoms with Crippen LogP contribution in [0.3, 0.4) is 0 Å². The van der Waals surface area contributed by atoms with Gasteiger partial charge in [0.05, 0.1) is 29.2 Å². The summed E-state index contributed by atoms with van der Waals surface area (Å²) in [6.45, 7) is 2.59. The van der Waals surface area contributed by atoms with Crippen molar-refractivity contribution < 1.29 is 19.2 Å². The zero-order valence-corrected chi connectivity index (χ0v) is 14.5. The second-order valence-corrected chi connectivity index (χ2v) is 5.43. The molecule has 2 rings (SSSR count). The molecule has 0 aliphatic carbocycles. The highest BCUT2D eigenvalue weighted by Gasteiger charge is 2.16. The number of ether oxygens (including phenoxy) is 2. The number of nitro benzene ring substituents is 1. The van der Waals surface area contributed by atoms with Crippen LogP contribution in [0.4, 0.5) is 5.69 Å². The van der Waals surface area contributed by atoms with E-state index in [-0.39, 0.29) is 22.8 Å². The van der Waals surface area contributed by atoms with E-state index in [1.807, 2.05) is 6.92 Å². The molecule has 0 fully saturated rings. The van der Waals surface area contributed by atoms with Crippen LogP contribution in [0.15, 0.2) is 36.4 Å². The molecule has 0 aliphatic rings. The standard InChI is InChI=1S/C17H17ClN2O5/c1-3-25-15-7-4-11(8-16(15)24-2)10-19-17(21)13-9-12(20(22)23)5-6-14(13)18/h4-9H,3,10H2,1-2H3,(H,19,21). The fraction of sp³-hybridized carbons (Fsp3) is 0.235. The van der Waals surface area contributed by atoms with Crippen LogP contribution < -0.4 is 14.8 Å². The molecule has 0 atom stereocenters. The van der Waals surface area contributed by atoms with Crippen molar-refractivity contribution in [2.45, 2.75) is 13.5 Å². The molecule has 0 heterocycles. The first-order chi connectivity index (χ1) is 12.0. The second kappa shape index (κ2) is 8.34. The van der Waals surface area contributed by atoms with E-state index < -0.39 is 10.8 Å². The number of rotatable bonds is 7. The Kier molecular flexibility index (Phi) is 6.19. The third kappa shape index (κ3) is 4.60. The minimum atomic E-state index is -0.579. The zero-order chi connectivity index (χ0) is 18.4. The summed E-state index contributed by atoms with van der Waals surface area (Å²) in [5, 5.41) is 13.7. The molecule has 0 radical (unpaired) electrons. The fourth-order valence-corrected chi connectivity index (χ4v) is 2.38. The molecule has 1 N–H and O–H groups in total. The molecule has 132 valence electrons. The molecule has 0 aliphatic heterocycles. The summed E-state index contributed by atoms with van der Waals surface area (Å²) < 4.78 is 10.7. The number of hydrogen-bond acceptors (Lipinski definition) is 5. The number of nitro groups is 1. The number of amides is 1. The quantitative estimate of drug-likeness (QED) is 0.599. The van der Waals surface area contributed by atoms with Gasteiger partial charge >= 0.3 is 0 Å². The highest BCUT2D eigenvalue weighted by molar-refractivity contribution is 6.33. The topological polar surface area (TPSA) is 90.7 Å². The minimum absolute atomic E-state index is 0.0498. The lowest BCUT2D eigenvalue weighted by atomic mass is 10.1. The van der Waals surface area contributed by atoms with Gasteiger partial charge in [-0.05, 0) is 30.7 Å². The van der Waals surface area contributed by atoms with Gasteiger partial charge in [-0.3, -0.25) is 14.9 Å². The fourth-order valence-electron chi connectivity index (χ4n) is 2.18. The molecule has 8 heteroatoms. The number of non-ortho nitro benzene ring substituents is 1. The van der Waals surface area contributed by atoms with E-state index in [9.17, 15) is 14.9 Å². The van der Waals surface area contributed by atoms with E-state index in [0.29, 0.717) is 18.1 Å². The number of hydrogen-bond donors (Lipinski definition) is 1. The number of halogens is 1. The summed E-state index contributed by atoms with van der Waals surface area (Å²) in [6.07, 6.45) is 0. The first-order valence-electron chi connectivity index (χ1n) is 7.48. The Labute approximate surface area is 149 Å². The minimum Gasteiger partial charge on any atom is -0.493 e. The number of nitrogens with zero attached hydrogens (tertiary/aromatic N) is 1. The van der Waals surface area contributed by atoms with Crippen molar-refractivity contribution in [3.63, 3.8) is 0 Å². The van der Waals surface area contributed by atoms with Gasteiger partial charge in [-0.1, -0.05) is 17.7 Å². The Hall–Kier alpha value is -2.80. The third-order valence-corrected chi connectivity index (χ3v) is 3.72. The lowest BCUT2D eigenvalue weighted by Gasteiger charge is -2.12. The molecule has 0 spiro atoms. The maximum absolute atomic E-state index is 12.3. The van der Waals surface area contributed by atoms with E-state index in [4.69, 9.17) is 21.1 Å². The molecule has 0 unspecified atom stereocenters. The molecule has 2 aromatic rings. The molecule has 0 saturated carbocycles.